The fraction of sp³-hybridized carbons (Fsp3) is 0.100. The van der Waals surface area contributed by atoms with Gasteiger partial charge in [0, 0.05) is 5.56 Å². The number of nitrogen functional groups attached to an aromatic ring is 1. The molecule has 0 atom stereocenters. The molecule has 0 bridgehead atoms. The van der Waals surface area contributed by atoms with Crippen LogP contribution in [0.2, 0.25) is 0 Å². The van der Waals surface area contributed by atoms with Crippen molar-refractivity contribution in [2.75, 3.05) is 12.8 Å². The maximum absolute atomic E-state index is 5.83. The number of benzene rings is 1. The zero-order valence-electron chi connectivity index (χ0n) is 8.11. The molecule has 0 radical (unpaired) electrons. The Bertz CT molecular complexity index is 513. The van der Waals surface area contributed by atoms with Crippen molar-refractivity contribution in [3.63, 3.8) is 0 Å². The molecule has 0 amide bonds. The van der Waals surface area contributed by atoms with E-state index in [1.807, 2.05) is 24.3 Å². The molecule has 3 N–H and O–H groups in total. The minimum Gasteiger partial charge on any atom is -0.497 e. The van der Waals surface area contributed by atoms with Gasteiger partial charge in [-0.25, -0.2) is 0 Å². The lowest BCUT2D eigenvalue weighted by Gasteiger charge is -2.02. The highest BCUT2D eigenvalue weighted by atomic mass is 32.1. The number of thiazole rings is 1. The second-order valence-electron chi connectivity index (χ2n) is 2.98. The molecule has 0 spiro atoms. The zero-order valence-corrected chi connectivity index (χ0v) is 9.74. The van der Waals surface area contributed by atoms with Crippen LogP contribution in [0.5, 0.6) is 5.75 Å². The number of ether oxygens (including phenoxy) is 1. The van der Waals surface area contributed by atoms with Crippen LogP contribution in [-0.2, 0) is 0 Å². The molecule has 1 aromatic carbocycles. The minimum atomic E-state index is 0.693. The van der Waals surface area contributed by atoms with Crippen molar-refractivity contribution in [2.24, 2.45) is 0 Å². The molecule has 0 fully saturated rings. The van der Waals surface area contributed by atoms with Gasteiger partial charge in [-0.3, -0.25) is 0 Å². The zero-order chi connectivity index (χ0) is 10.8. The summed E-state index contributed by atoms with van der Waals surface area (Å²) in [5.41, 5.74) is 7.73. The molecule has 1 heterocycles. The molecule has 5 heteroatoms. The molecule has 0 unspecified atom stereocenters. The van der Waals surface area contributed by atoms with Gasteiger partial charge in [-0.2, -0.15) is 0 Å². The Morgan fingerprint density at radius 1 is 1.33 bits per heavy atom. The molecule has 0 aliphatic heterocycles. The van der Waals surface area contributed by atoms with Crippen molar-refractivity contribution in [1.82, 2.24) is 4.98 Å². The van der Waals surface area contributed by atoms with Gasteiger partial charge in [-0.05, 0) is 36.5 Å². The number of hydrogen-bond acceptors (Lipinski definition) is 4. The molecule has 2 rings (SSSR count). The first-order chi connectivity index (χ1) is 7.20. The van der Waals surface area contributed by atoms with Gasteiger partial charge in [-0.15, -0.1) is 0 Å². The summed E-state index contributed by atoms with van der Waals surface area (Å²) in [4.78, 5) is 3.07. The van der Waals surface area contributed by atoms with Crippen molar-refractivity contribution in [3.8, 4) is 17.0 Å². The van der Waals surface area contributed by atoms with Crippen molar-refractivity contribution in [2.45, 2.75) is 0 Å². The van der Waals surface area contributed by atoms with Crippen LogP contribution in [0.15, 0.2) is 24.3 Å². The predicted molar refractivity (Wildman–Crippen MR) is 65.9 cm³/mol. The minimum absolute atomic E-state index is 0.693. The second kappa shape index (κ2) is 4.04. The smallest absolute Gasteiger partial charge is 0.160 e. The lowest BCUT2D eigenvalue weighted by Crippen LogP contribution is -1.86. The number of nitrogens with one attached hydrogen (secondary N) is 1. The van der Waals surface area contributed by atoms with Crippen LogP contribution in [0.4, 0.5) is 5.00 Å². The Morgan fingerprint density at radius 2 is 2.00 bits per heavy atom. The number of hydrogen-bond donors (Lipinski definition) is 2. The van der Waals surface area contributed by atoms with E-state index >= 15 is 0 Å². The van der Waals surface area contributed by atoms with Gasteiger partial charge in [0.25, 0.3) is 0 Å². The Hall–Kier alpha value is -1.33. The van der Waals surface area contributed by atoms with E-state index in [2.05, 4.69) is 4.98 Å². The standard InChI is InChI=1S/C10H10N2OS2/c1-13-7-4-2-6(3-5-7)8-9(11)15-10(14)12-8/h2-5H,11H2,1H3,(H,12,14). The van der Waals surface area contributed by atoms with Crippen molar-refractivity contribution in [1.29, 1.82) is 0 Å². The highest BCUT2D eigenvalue weighted by Crippen LogP contribution is 2.29. The predicted octanol–water partition coefficient (Wildman–Crippen LogP) is 3.06. The van der Waals surface area contributed by atoms with E-state index < -0.39 is 0 Å². The van der Waals surface area contributed by atoms with Crippen LogP contribution in [0.25, 0.3) is 11.3 Å². The van der Waals surface area contributed by atoms with Gasteiger partial charge in [0.1, 0.15) is 10.8 Å². The van der Waals surface area contributed by atoms with Crippen LogP contribution >= 0.6 is 23.6 Å². The molecule has 0 saturated heterocycles. The normalized spacial score (nSPS) is 10.2. The molecule has 3 nitrogen and oxygen atoms in total. The molecule has 78 valence electrons. The first-order valence-electron chi connectivity index (χ1n) is 4.33. The van der Waals surface area contributed by atoms with Crippen LogP contribution in [-0.4, -0.2) is 12.1 Å². The molecule has 2 aromatic rings. The Kier molecular flexibility index (Phi) is 2.75. The quantitative estimate of drug-likeness (QED) is 0.791. The molecule has 15 heavy (non-hydrogen) atoms. The van der Waals surface area contributed by atoms with E-state index in [4.69, 9.17) is 22.7 Å². The van der Waals surface area contributed by atoms with Gasteiger partial charge in [-0.1, -0.05) is 11.3 Å². The van der Waals surface area contributed by atoms with Gasteiger partial charge >= 0.3 is 0 Å². The first-order valence-corrected chi connectivity index (χ1v) is 5.56. The van der Waals surface area contributed by atoms with Crippen molar-refractivity contribution in [3.05, 3.63) is 28.2 Å². The van der Waals surface area contributed by atoms with Gasteiger partial charge in [0.15, 0.2) is 3.95 Å². The molecular formula is C10H10N2OS2. The van der Waals surface area contributed by atoms with E-state index in [-0.39, 0.29) is 0 Å². The topological polar surface area (TPSA) is 51.0 Å². The summed E-state index contributed by atoms with van der Waals surface area (Å²) in [7, 11) is 1.64. The third-order valence-corrected chi connectivity index (χ3v) is 3.12. The van der Waals surface area contributed by atoms with E-state index in [1.54, 1.807) is 7.11 Å². The maximum Gasteiger partial charge on any atom is 0.160 e. The summed E-state index contributed by atoms with van der Waals surface area (Å²) in [5, 5.41) is 0.713. The van der Waals surface area contributed by atoms with Gasteiger partial charge in [0.05, 0.1) is 12.8 Å². The summed E-state index contributed by atoms with van der Waals surface area (Å²) in [6.45, 7) is 0. The molecule has 0 aliphatic carbocycles. The molecule has 0 aliphatic rings. The highest BCUT2D eigenvalue weighted by molar-refractivity contribution is 7.73. The Balaban J connectivity index is 2.45. The van der Waals surface area contributed by atoms with Crippen LogP contribution < -0.4 is 10.5 Å². The average Bonchev–Trinajstić information content (AvgIpc) is 2.58. The fourth-order valence-electron chi connectivity index (χ4n) is 1.31. The summed E-state index contributed by atoms with van der Waals surface area (Å²) >= 11 is 6.41. The van der Waals surface area contributed by atoms with Gasteiger partial charge < -0.3 is 15.5 Å². The molecule has 1 aromatic heterocycles. The maximum atomic E-state index is 5.83. The number of rotatable bonds is 2. The van der Waals surface area contributed by atoms with E-state index in [0.717, 1.165) is 17.0 Å². The number of methoxy groups -OCH3 is 1. The monoisotopic (exact) mass is 238 g/mol. The molecule has 0 saturated carbocycles. The Morgan fingerprint density at radius 3 is 2.47 bits per heavy atom. The largest absolute Gasteiger partial charge is 0.497 e. The first kappa shape index (κ1) is 10.2. The number of aromatic amines is 1. The van der Waals surface area contributed by atoms with Crippen LogP contribution in [0.1, 0.15) is 0 Å². The molecular weight excluding hydrogens is 228 g/mol. The third kappa shape index (κ3) is 2.03. The van der Waals surface area contributed by atoms with Crippen molar-refractivity contribution < 1.29 is 4.74 Å². The summed E-state index contributed by atoms with van der Waals surface area (Å²) in [6, 6.07) is 7.68. The Labute approximate surface area is 96.5 Å². The summed E-state index contributed by atoms with van der Waals surface area (Å²) in [5.74, 6) is 0.825. The lowest BCUT2D eigenvalue weighted by atomic mass is 10.1. The van der Waals surface area contributed by atoms with Crippen molar-refractivity contribution >= 4 is 28.6 Å². The fourth-order valence-corrected chi connectivity index (χ4v) is 2.31. The third-order valence-electron chi connectivity index (χ3n) is 2.05. The van der Waals surface area contributed by atoms with E-state index in [0.29, 0.717) is 8.96 Å². The number of anilines is 1. The lowest BCUT2D eigenvalue weighted by molar-refractivity contribution is 0.415. The SMILES string of the molecule is COc1ccc(-c2[nH]c(=S)sc2N)cc1. The average molecular weight is 238 g/mol. The second-order valence-corrected chi connectivity index (χ2v) is 4.70. The van der Waals surface area contributed by atoms with Crippen LogP contribution in [0.3, 0.4) is 0 Å². The highest BCUT2D eigenvalue weighted by Gasteiger charge is 2.05. The summed E-state index contributed by atoms with van der Waals surface area (Å²) in [6.07, 6.45) is 0. The van der Waals surface area contributed by atoms with Crippen LogP contribution in [0, 0.1) is 3.95 Å². The van der Waals surface area contributed by atoms with E-state index in [1.165, 1.54) is 11.3 Å². The number of nitrogens with two attached hydrogens (primary N) is 1. The summed E-state index contributed by atoms with van der Waals surface area (Å²) < 4.78 is 5.77. The van der Waals surface area contributed by atoms with E-state index in [9.17, 15) is 0 Å². The van der Waals surface area contributed by atoms with Gasteiger partial charge in [0.2, 0.25) is 0 Å². The number of aromatic nitrogens is 1. The number of H-pyrrole nitrogens is 1.